The Morgan fingerprint density at radius 2 is 1.86 bits per heavy atom. The van der Waals surface area contributed by atoms with Crippen LogP contribution in [0.4, 0.5) is 17.6 Å². The second kappa shape index (κ2) is 10.9. The van der Waals surface area contributed by atoms with Crippen molar-refractivity contribution in [3.8, 4) is 0 Å². The van der Waals surface area contributed by atoms with Gasteiger partial charge in [0, 0.05) is 18.0 Å². The molecule has 0 N–H and O–H groups in total. The average molecular weight is 555 g/mol. The lowest BCUT2D eigenvalue weighted by atomic mass is 9.93. The molecule has 1 aliphatic heterocycles. The van der Waals surface area contributed by atoms with Crippen LogP contribution in [0.3, 0.4) is 0 Å². The molecule has 0 aliphatic carbocycles. The van der Waals surface area contributed by atoms with Crippen molar-refractivity contribution in [2.75, 3.05) is 19.6 Å². The highest BCUT2D eigenvalue weighted by Crippen LogP contribution is 2.38. The summed E-state index contributed by atoms with van der Waals surface area (Å²) in [6.45, 7) is 1.65. The number of sulfonamides is 1. The zero-order chi connectivity index (χ0) is 26.8. The highest BCUT2D eigenvalue weighted by molar-refractivity contribution is 7.89. The van der Waals surface area contributed by atoms with Gasteiger partial charge in [-0.05, 0) is 65.7 Å². The van der Waals surface area contributed by atoms with Crippen LogP contribution < -0.4 is 0 Å². The SMILES string of the molecule is CCCCN(CC(=O)N1CCc2sccc2C1c1ccc(F)cc1)S(=O)(=O)c1cccc(C(F)(F)F)c1. The monoisotopic (exact) mass is 554 g/mol. The molecule has 0 spiro atoms. The van der Waals surface area contributed by atoms with Crippen molar-refractivity contribution in [3.05, 3.63) is 87.4 Å². The molecule has 0 saturated heterocycles. The number of carbonyl (C=O) groups is 1. The van der Waals surface area contributed by atoms with Gasteiger partial charge >= 0.3 is 6.18 Å². The Morgan fingerprint density at radius 3 is 2.54 bits per heavy atom. The number of carbonyl (C=O) groups excluding carboxylic acids is 1. The van der Waals surface area contributed by atoms with Gasteiger partial charge in [-0.25, -0.2) is 12.8 Å². The molecule has 4 rings (SSSR count). The Kier molecular flexibility index (Phi) is 8.05. The van der Waals surface area contributed by atoms with Crippen LogP contribution in [0.15, 0.2) is 64.9 Å². The number of halogens is 4. The Morgan fingerprint density at radius 1 is 1.14 bits per heavy atom. The Labute approximate surface area is 217 Å². The Hall–Kier alpha value is -2.76. The molecule has 3 aromatic rings. The average Bonchev–Trinajstić information content (AvgIpc) is 3.35. The number of benzene rings is 2. The van der Waals surface area contributed by atoms with E-state index in [1.165, 1.54) is 12.1 Å². The smallest absolute Gasteiger partial charge is 0.330 e. The quantitative estimate of drug-likeness (QED) is 0.327. The number of fused-ring (bicyclic) bond motifs is 1. The molecule has 198 valence electrons. The minimum absolute atomic E-state index is 0.0143. The lowest BCUT2D eigenvalue weighted by molar-refractivity contribution is -0.137. The van der Waals surface area contributed by atoms with Crippen LogP contribution in [0.2, 0.25) is 0 Å². The summed E-state index contributed by atoms with van der Waals surface area (Å²) in [4.78, 5) is 15.8. The normalized spacial score (nSPS) is 16.2. The lowest BCUT2D eigenvalue weighted by Crippen LogP contribution is -2.47. The van der Waals surface area contributed by atoms with Gasteiger partial charge in [0.1, 0.15) is 5.82 Å². The molecule has 0 radical (unpaired) electrons. The molecule has 0 saturated carbocycles. The molecule has 1 amide bonds. The van der Waals surface area contributed by atoms with Crippen LogP contribution in [0.5, 0.6) is 0 Å². The van der Waals surface area contributed by atoms with Crippen molar-refractivity contribution in [2.24, 2.45) is 0 Å². The van der Waals surface area contributed by atoms with Crippen LogP contribution in [0.25, 0.3) is 0 Å². The van der Waals surface area contributed by atoms with Crippen molar-refractivity contribution in [2.45, 2.75) is 43.3 Å². The summed E-state index contributed by atoms with van der Waals surface area (Å²) in [7, 11) is -4.39. The number of rotatable bonds is 8. The van der Waals surface area contributed by atoms with Gasteiger partial charge in [0.05, 0.1) is 23.0 Å². The number of alkyl halides is 3. The van der Waals surface area contributed by atoms with E-state index in [0.29, 0.717) is 37.4 Å². The molecule has 1 unspecified atom stereocenters. The molecule has 1 atom stereocenters. The Bertz CT molecular complexity index is 1350. The van der Waals surface area contributed by atoms with E-state index in [-0.39, 0.29) is 6.54 Å². The van der Waals surface area contributed by atoms with Crippen molar-refractivity contribution in [3.63, 3.8) is 0 Å². The largest absolute Gasteiger partial charge is 0.416 e. The van der Waals surface area contributed by atoms with Gasteiger partial charge in [0.2, 0.25) is 15.9 Å². The van der Waals surface area contributed by atoms with Gasteiger partial charge in [0.25, 0.3) is 0 Å². The number of nitrogens with zero attached hydrogens (tertiary/aromatic N) is 2. The fraction of sp³-hybridized carbons (Fsp3) is 0.346. The number of unbranched alkanes of at least 4 members (excludes halogenated alkanes) is 1. The minimum atomic E-state index is -4.70. The lowest BCUT2D eigenvalue weighted by Gasteiger charge is -2.37. The first-order valence-corrected chi connectivity index (χ1v) is 14.1. The van der Waals surface area contributed by atoms with Crippen molar-refractivity contribution >= 4 is 27.3 Å². The van der Waals surface area contributed by atoms with Gasteiger partial charge in [-0.15, -0.1) is 11.3 Å². The van der Waals surface area contributed by atoms with Crippen LogP contribution in [0.1, 0.15) is 47.4 Å². The third-order valence-corrected chi connectivity index (χ3v) is 9.18. The topological polar surface area (TPSA) is 57.7 Å². The third kappa shape index (κ3) is 5.89. The zero-order valence-corrected chi connectivity index (χ0v) is 21.7. The maximum atomic E-state index is 13.6. The number of hydrogen-bond acceptors (Lipinski definition) is 4. The summed E-state index contributed by atoms with van der Waals surface area (Å²) in [5.41, 5.74) is 0.514. The van der Waals surface area contributed by atoms with Gasteiger partial charge < -0.3 is 4.90 Å². The number of thiophene rings is 1. The molecule has 5 nitrogen and oxygen atoms in total. The van der Waals surface area contributed by atoms with Gasteiger partial charge in [-0.2, -0.15) is 17.5 Å². The molecular weight excluding hydrogens is 528 g/mol. The third-order valence-electron chi connectivity index (χ3n) is 6.34. The molecular formula is C26H26F4N2O3S2. The van der Waals surface area contributed by atoms with E-state index in [0.717, 1.165) is 32.9 Å². The first kappa shape index (κ1) is 27.3. The Balaban J connectivity index is 1.66. The number of hydrogen-bond donors (Lipinski definition) is 0. The van der Waals surface area contributed by atoms with Crippen LogP contribution in [-0.4, -0.2) is 43.2 Å². The molecule has 11 heteroatoms. The summed E-state index contributed by atoms with van der Waals surface area (Å²) in [6.07, 6.45) is -3.06. The maximum Gasteiger partial charge on any atom is 0.416 e. The van der Waals surface area contributed by atoms with E-state index in [9.17, 15) is 30.8 Å². The standard InChI is InChI=1S/C26H26F4N2O3S2/c1-2-3-13-31(37(34,35)21-6-4-5-19(16-21)26(28,29)30)17-24(33)32-14-11-23-22(12-15-36-23)25(32)18-7-9-20(27)10-8-18/h4-10,12,15-16,25H,2-3,11,13-14,17H2,1H3. The highest BCUT2D eigenvalue weighted by atomic mass is 32.2. The number of amides is 1. The fourth-order valence-corrected chi connectivity index (χ4v) is 6.81. The predicted molar refractivity (Wildman–Crippen MR) is 133 cm³/mol. The first-order chi connectivity index (χ1) is 17.5. The molecule has 2 heterocycles. The van der Waals surface area contributed by atoms with E-state index in [2.05, 4.69) is 0 Å². The van der Waals surface area contributed by atoms with Crippen LogP contribution >= 0.6 is 11.3 Å². The van der Waals surface area contributed by atoms with Gasteiger partial charge in [-0.3, -0.25) is 4.79 Å². The summed E-state index contributed by atoms with van der Waals surface area (Å²) in [5.74, 6) is -0.890. The molecule has 1 aromatic heterocycles. The highest BCUT2D eigenvalue weighted by Gasteiger charge is 2.37. The van der Waals surface area contributed by atoms with Crippen molar-refractivity contribution in [1.82, 2.24) is 9.21 Å². The van der Waals surface area contributed by atoms with E-state index < -0.39 is 51.0 Å². The predicted octanol–water partition coefficient (Wildman–Crippen LogP) is 5.87. The van der Waals surface area contributed by atoms with E-state index in [4.69, 9.17) is 0 Å². The van der Waals surface area contributed by atoms with Gasteiger partial charge in [0.15, 0.2) is 0 Å². The zero-order valence-electron chi connectivity index (χ0n) is 20.0. The molecule has 2 aromatic carbocycles. The van der Waals surface area contributed by atoms with Crippen LogP contribution in [-0.2, 0) is 27.4 Å². The van der Waals surface area contributed by atoms with E-state index >= 15 is 0 Å². The summed E-state index contributed by atoms with van der Waals surface area (Å²) < 4.78 is 81.2. The second-order valence-corrected chi connectivity index (χ2v) is 11.7. The summed E-state index contributed by atoms with van der Waals surface area (Å²) in [5, 5.41) is 1.92. The fourth-order valence-electron chi connectivity index (χ4n) is 4.43. The van der Waals surface area contributed by atoms with Crippen molar-refractivity contribution < 1.29 is 30.8 Å². The molecule has 37 heavy (non-hydrogen) atoms. The summed E-state index contributed by atoms with van der Waals surface area (Å²) in [6, 6.07) is 10.8. The second-order valence-electron chi connectivity index (χ2n) is 8.81. The molecule has 0 fully saturated rings. The van der Waals surface area contributed by atoms with Gasteiger partial charge in [-0.1, -0.05) is 31.5 Å². The minimum Gasteiger partial charge on any atom is -0.330 e. The van der Waals surface area contributed by atoms with Crippen molar-refractivity contribution in [1.29, 1.82) is 0 Å². The van der Waals surface area contributed by atoms with Crippen LogP contribution in [0, 0.1) is 5.82 Å². The summed E-state index contributed by atoms with van der Waals surface area (Å²) >= 11 is 1.56. The molecule has 0 bridgehead atoms. The van der Waals surface area contributed by atoms with E-state index in [1.54, 1.807) is 28.4 Å². The molecule has 1 aliphatic rings. The maximum absolute atomic E-state index is 13.6. The first-order valence-electron chi connectivity index (χ1n) is 11.8. The van der Waals surface area contributed by atoms with E-state index in [1.807, 2.05) is 18.4 Å².